The van der Waals surface area contributed by atoms with E-state index >= 15 is 0 Å². The molecule has 1 saturated heterocycles. The minimum Gasteiger partial charge on any atom is -0.493 e. The number of carbonyl (C=O) groups excluding carboxylic acids is 3. The fourth-order valence-electron chi connectivity index (χ4n) is 2.99. The highest BCUT2D eigenvalue weighted by molar-refractivity contribution is 6.05. The van der Waals surface area contributed by atoms with E-state index < -0.39 is 11.9 Å². The maximum absolute atomic E-state index is 12.7. The van der Waals surface area contributed by atoms with Crippen LogP contribution in [0.5, 0.6) is 5.75 Å². The molecular formula is C18H22N2O4. The number of benzene rings is 1. The van der Waals surface area contributed by atoms with Gasteiger partial charge in [0.15, 0.2) is 0 Å². The van der Waals surface area contributed by atoms with Crippen molar-refractivity contribution in [3.63, 3.8) is 0 Å². The van der Waals surface area contributed by atoms with Crippen LogP contribution in [-0.4, -0.2) is 35.3 Å². The molecule has 0 saturated carbocycles. The average molecular weight is 330 g/mol. The van der Waals surface area contributed by atoms with Crippen molar-refractivity contribution in [2.45, 2.75) is 46.2 Å². The van der Waals surface area contributed by atoms with Gasteiger partial charge < -0.3 is 9.64 Å². The Bertz CT molecular complexity index is 705. The first-order chi connectivity index (χ1) is 11.3. The maximum Gasteiger partial charge on any atom is 0.255 e. The first kappa shape index (κ1) is 16.5. The van der Waals surface area contributed by atoms with Gasteiger partial charge in [-0.15, -0.1) is 0 Å². The lowest BCUT2D eigenvalue weighted by Gasteiger charge is -2.29. The van der Waals surface area contributed by atoms with E-state index in [-0.39, 0.29) is 23.7 Å². The van der Waals surface area contributed by atoms with Gasteiger partial charge in [0.05, 0.1) is 13.2 Å². The van der Waals surface area contributed by atoms with Gasteiger partial charge in [0.2, 0.25) is 11.8 Å². The summed E-state index contributed by atoms with van der Waals surface area (Å²) in [7, 11) is 0. The van der Waals surface area contributed by atoms with Crippen LogP contribution >= 0.6 is 0 Å². The summed E-state index contributed by atoms with van der Waals surface area (Å²) < 4.78 is 5.91. The zero-order valence-corrected chi connectivity index (χ0v) is 14.2. The van der Waals surface area contributed by atoms with Crippen molar-refractivity contribution in [1.82, 2.24) is 10.2 Å². The zero-order valence-electron chi connectivity index (χ0n) is 14.2. The molecule has 1 aromatic carbocycles. The molecule has 2 aliphatic heterocycles. The second-order valence-electron chi connectivity index (χ2n) is 7.53. The molecule has 6 heteroatoms. The molecule has 1 N–H and O–H groups in total. The standard InChI is InChI=1S/C18H22N2O4/c1-18(2,3)10-24-14-6-4-5-11-12(14)9-20(17(11)23)13-7-8-15(21)19-16(13)22/h4-6,13H,7-10H2,1-3H3,(H,19,21,22). The van der Waals surface area contributed by atoms with E-state index in [1.54, 1.807) is 12.1 Å². The normalized spacial score (nSPS) is 20.9. The Hall–Kier alpha value is -2.37. The monoisotopic (exact) mass is 330 g/mol. The van der Waals surface area contributed by atoms with E-state index in [0.29, 0.717) is 30.9 Å². The summed E-state index contributed by atoms with van der Waals surface area (Å²) in [6.45, 7) is 7.11. The molecular weight excluding hydrogens is 308 g/mol. The lowest BCUT2D eigenvalue weighted by atomic mass is 9.98. The molecule has 128 valence electrons. The molecule has 0 aromatic heterocycles. The number of nitrogens with one attached hydrogen (secondary N) is 1. The van der Waals surface area contributed by atoms with Gasteiger partial charge in [-0.2, -0.15) is 0 Å². The van der Waals surface area contributed by atoms with Crippen molar-refractivity contribution in [1.29, 1.82) is 0 Å². The van der Waals surface area contributed by atoms with Crippen LogP contribution in [0, 0.1) is 5.41 Å². The lowest BCUT2D eigenvalue weighted by molar-refractivity contribution is -0.136. The molecule has 3 rings (SSSR count). The molecule has 0 spiro atoms. The second kappa shape index (κ2) is 5.92. The Morgan fingerprint density at radius 3 is 2.67 bits per heavy atom. The van der Waals surface area contributed by atoms with Gasteiger partial charge in [-0.25, -0.2) is 0 Å². The SMILES string of the molecule is CC(C)(C)COc1cccc2c1CN(C1CCC(=O)NC1=O)C2=O. The zero-order chi connectivity index (χ0) is 17.5. The smallest absolute Gasteiger partial charge is 0.255 e. The van der Waals surface area contributed by atoms with E-state index in [1.807, 2.05) is 6.07 Å². The number of ether oxygens (including phenoxy) is 1. The summed E-state index contributed by atoms with van der Waals surface area (Å²) in [6, 6.07) is 4.81. The van der Waals surface area contributed by atoms with E-state index in [2.05, 4.69) is 26.1 Å². The van der Waals surface area contributed by atoms with Gasteiger partial charge in [0.1, 0.15) is 11.8 Å². The summed E-state index contributed by atoms with van der Waals surface area (Å²) in [4.78, 5) is 37.6. The highest BCUT2D eigenvalue weighted by Gasteiger charge is 2.40. The van der Waals surface area contributed by atoms with Crippen LogP contribution in [0.2, 0.25) is 0 Å². The van der Waals surface area contributed by atoms with Crippen LogP contribution < -0.4 is 10.1 Å². The number of piperidine rings is 1. The number of hydrogen-bond donors (Lipinski definition) is 1. The number of carbonyl (C=O) groups is 3. The summed E-state index contributed by atoms with van der Waals surface area (Å²) >= 11 is 0. The molecule has 3 amide bonds. The molecule has 0 radical (unpaired) electrons. The first-order valence-electron chi connectivity index (χ1n) is 8.15. The number of fused-ring (bicyclic) bond motifs is 1. The first-order valence-corrected chi connectivity index (χ1v) is 8.15. The molecule has 1 aromatic rings. The van der Waals surface area contributed by atoms with Crippen LogP contribution in [0.1, 0.15) is 49.5 Å². The fourth-order valence-corrected chi connectivity index (χ4v) is 2.99. The van der Waals surface area contributed by atoms with Crippen molar-refractivity contribution < 1.29 is 19.1 Å². The van der Waals surface area contributed by atoms with Crippen molar-refractivity contribution in [2.75, 3.05) is 6.61 Å². The minimum atomic E-state index is -0.599. The molecule has 0 bridgehead atoms. The third-order valence-corrected chi connectivity index (χ3v) is 4.20. The second-order valence-corrected chi connectivity index (χ2v) is 7.53. The molecule has 0 aliphatic carbocycles. The van der Waals surface area contributed by atoms with E-state index in [4.69, 9.17) is 4.74 Å². The Morgan fingerprint density at radius 2 is 2.00 bits per heavy atom. The minimum absolute atomic E-state index is 0.00857. The highest BCUT2D eigenvalue weighted by Crippen LogP contribution is 2.34. The largest absolute Gasteiger partial charge is 0.493 e. The van der Waals surface area contributed by atoms with Gasteiger partial charge >= 0.3 is 0 Å². The summed E-state index contributed by atoms with van der Waals surface area (Å²) in [5.74, 6) is -0.176. The fraction of sp³-hybridized carbons (Fsp3) is 0.500. The molecule has 24 heavy (non-hydrogen) atoms. The Labute approximate surface area is 141 Å². The quantitative estimate of drug-likeness (QED) is 0.859. The van der Waals surface area contributed by atoms with Crippen LogP contribution in [-0.2, 0) is 16.1 Å². The maximum atomic E-state index is 12.7. The molecule has 2 heterocycles. The summed E-state index contributed by atoms with van der Waals surface area (Å²) in [5.41, 5.74) is 1.40. The summed E-state index contributed by atoms with van der Waals surface area (Å²) in [6.07, 6.45) is 0.618. The van der Waals surface area contributed by atoms with Gasteiger partial charge in [0.25, 0.3) is 5.91 Å². The van der Waals surface area contributed by atoms with Crippen molar-refractivity contribution in [2.24, 2.45) is 5.41 Å². The number of hydrogen-bond acceptors (Lipinski definition) is 4. The van der Waals surface area contributed by atoms with Crippen molar-refractivity contribution >= 4 is 17.7 Å². The van der Waals surface area contributed by atoms with Crippen LogP contribution in [0.15, 0.2) is 18.2 Å². The van der Waals surface area contributed by atoms with Crippen LogP contribution in [0.3, 0.4) is 0 Å². The number of nitrogens with zero attached hydrogens (tertiary/aromatic N) is 1. The van der Waals surface area contributed by atoms with E-state index in [0.717, 1.165) is 5.56 Å². The van der Waals surface area contributed by atoms with E-state index in [9.17, 15) is 14.4 Å². The van der Waals surface area contributed by atoms with Gasteiger partial charge in [-0.1, -0.05) is 26.8 Å². The third kappa shape index (κ3) is 3.13. The molecule has 1 atom stereocenters. The van der Waals surface area contributed by atoms with Crippen molar-refractivity contribution in [3.8, 4) is 5.75 Å². The number of rotatable bonds is 3. The average Bonchev–Trinajstić information content (AvgIpc) is 2.82. The van der Waals surface area contributed by atoms with Crippen LogP contribution in [0.25, 0.3) is 0 Å². The van der Waals surface area contributed by atoms with Gasteiger partial charge in [0, 0.05) is 17.5 Å². The van der Waals surface area contributed by atoms with Crippen LogP contribution in [0.4, 0.5) is 0 Å². The highest BCUT2D eigenvalue weighted by atomic mass is 16.5. The molecule has 1 unspecified atom stereocenters. The molecule has 2 aliphatic rings. The predicted molar refractivity (Wildman–Crippen MR) is 87.4 cm³/mol. The van der Waals surface area contributed by atoms with Gasteiger partial charge in [-0.3, -0.25) is 19.7 Å². The Morgan fingerprint density at radius 1 is 1.25 bits per heavy atom. The van der Waals surface area contributed by atoms with Crippen molar-refractivity contribution in [3.05, 3.63) is 29.3 Å². The number of amides is 3. The molecule has 1 fully saturated rings. The van der Waals surface area contributed by atoms with E-state index in [1.165, 1.54) is 4.90 Å². The third-order valence-electron chi connectivity index (χ3n) is 4.20. The predicted octanol–water partition coefficient (Wildman–Crippen LogP) is 1.87. The Balaban J connectivity index is 1.82. The van der Waals surface area contributed by atoms with Gasteiger partial charge in [-0.05, 0) is 24.0 Å². The topological polar surface area (TPSA) is 75.7 Å². The Kier molecular flexibility index (Phi) is 4.07. The summed E-state index contributed by atoms with van der Waals surface area (Å²) in [5, 5.41) is 2.31. The lowest BCUT2D eigenvalue weighted by Crippen LogP contribution is -2.52. The molecule has 6 nitrogen and oxygen atoms in total. The number of imide groups is 1.